The zero-order valence-electron chi connectivity index (χ0n) is 17.6. The van der Waals surface area contributed by atoms with Crippen LogP contribution >= 0.6 is 22.9 Å². The Balaban J connectivity index is 1.80. The molecule has 7 nitrogen and oxygen atoms in total. The van der Waals surface area contributed by atoms with Gasteiger partial charge in [-0.05, 0) is 24.4 Å². The number of carbonyl (C=O) groups is 1. The number of carbonyl (C=O) groups excluding carboxylic acids is 1. The van der Waals surface area contributed by atoms with E-state index in [1.807, 2.05) is 17.5 Å². The number of aromatic nitrogens is 1. The van der Waals surface area contributed by atoms with Crippen LogP contribution in [-0.2, 0) is 9.47 Å². The van der Waals surface area contributed by atoms with Crippen LogP contribution in [0.4, 0.5) is 0 Å². The SMILES string of the molecule is CCOC(=O)c1cn2c(cc1=O)-c1cc(Cl)c(OCCCOC)cc1OC2c1cccs1. The molecule has 0 amide bonds. The van der Waals surface area contributed by atoms with Crippen LogP contribution in [-0.4, -0.2) is 37.5 Å². The number of thiophene rings is 1. The van der Waals surface area contributed by atoms with Crippen LogP contribution in [0.1, 0.15) is 34.8 Å². The van der Waals surface area contributed by atoms with Gasteiger partial charge in [0, 0.05) is 44.0 Å². The van der Waals surface area contributed by atoms with Crippen LogP contribution in [0.25, 0.3) is 11.3 Å². The van der Waals surface area contributed by atoms with Crippen LogP contribution in [0.15, 0.2) is 46.7 Å². The molecule has 0 aliphatic carbocycles. The van der Waals surface area contributed by atoms with Crippen molar-refractivity contribution in [3.05, 3.63) is 67.6 Å². The van der Waals surface area contributed by atoms with E-state index in [0.29, 0.717) is 41.0 Å². The molecule has 0 fully saturated rings. The Morgan fingerprint density at radius 3 is 2.84 bits per heavy atom. The van der Waals surface area contributed by atoms with Crippen LogP contribution in [0, 0.1) is 0 Å². The minimum absolute atomic E-state index is 0.0478. The zero-order valence-corrected chi connectivity index (χ0v) is 19.2. The van der Waals surface area contributed by atoms with Gasteiger partial charge in [0.15, 0.2) is 5.43 Å². The van der Waals surface area contributed by atoms with E-state index in [1.165, 1.54) is 23.6 Å². The molecule has 1 aliphatic heterocycles. The van der Waals surface area contributed by atoms with Crippen LogP contribution in [0.5, 0.6) is 11.5 Å². The molecule has 3 aromatic rings. The maximum absolute atomic E-state index is 12.7. The van der Waals surface area contributed by atoms with Gasteiger partial charge < -0.3 is 23.5 Å². The second kappa shape index (κ2) is 9.77. The summed E-state index contributed by atoms with van der Waals surface area (Å²) in [5.74, 6) is 0.365. The summed E-state index contributed by atoms with van der Waals surface area (Å²) in [5, 5.41) is 2.34. The van der Waals surface area contributed by atoms with Crippen molar-refractivity contribution in [2.45, 2.75) is 19.6 Å². The predicted octanol–water partition coefficient (Wildman–Crippen LogP) is 4.76. The number of fused-ring (bicyclic) bond motifs is 3. The maximum Gasteiger partial charge on any atom is 0.343 e. The summed E-state index contributed by atoms with van der Waals surface area (Å²) in [7, 11) is 1.64. The van der Waals surface area contributed by atoms with Gasteiger partial charge in [0.05, 0.1) is 28.8 Å². The lowest BCUT2D eigenvalue weighted by atomic mass is 10.1. The summed E-state index contributed by atoms with van der Waals surface area (Å²) in [6, 6.07) is 8.72. The summed E-state index contributed by atoms with van der Waals surface area (Å²) in [6.07, 6.45) is 1.65. The second-order valence-corrected chi connectivity index (χ2v) is 8.41. The Bertz CT molecular complexity index is 1170. The van der Waals surface area contributed by atoms with Gasteiger partial charge in [-0.2, -0.15) is 0 Å². The average Bonchev–Trinajstić information content (AvgIpc) is 3.31. The molecule has 2 aromatic heterocycles. The van der Waals surface area contributed by atoms with Gasteiger partial charge in [-0.15, -0.1) is 11.3 Å². The monoisotopic (exact) mass is 475 g/mol. The lowest BCUT2D eigenvalue weighted by Crippen LogP contribution is -2.27. The number of hydrogen-bond donors (Lipinski definition) is 0. The van der Waals surface area contributed by atoms with E-state index >= 15 is 0 Å². The molecule has 0 N–H and O–H groups in total. The van der Waals surface area contributed by atoms with Crippen LogP contribution < -0.4 is 14.9 Å². The number of ether oxygens (including phenoxy) is 4. The number of methoxy groups -OCH3 is 1. The van der Waals surface area contributed by atoms with E-state index in [2.05, 4.69) is 0 Å². The molecule has 0 saturated heterocycles. The summed E-state index contributed by atoms with van der Waals surface area (Å²) in [4.78, 5) is 26.0. The minimum Gasteiger partial charge on any atom is -0.492 e. The maximum atomic E-state index is 12.7. The lowest BCUT2D eigenvalue weighted by Gasteiger charge is -2.31. The van der Waals surface area contributed by atoms with Crippen molar-refractivity contribution < 1.29 is 23.7 Å². The zero-order chi connectivity index (χ0) is 22.7. The third-order valence-electron chi connectivity index (χ3n) is 4.91. The van der Waals surface area contributed by atoms with E-state index in [9.17, 15) is 9.59 Å². The van der Waals surface area contributed by atoms with Crippen molar-refractivity contribution in [1.29, 1.82) is 0 Å². The quantitative estimate of drug-likeness (QED) is 0.345. The summed E-state index contributed by atoms with van der Waals surface area (Å²) in [5.41, 5.74) is 0.756. The molecule has 0 bridgehead atoms. The highest BCUT2D eigenvalue weighted by Crippen LogP contribution is 2.45. The fraction of sp³-hybridized carbons (Fsp3) is 0.304. The minimum atomic E-state index is -0.665. The first kappa shape index (κ1) is 22.4. The van der Waals surface area contributed by atoms with Gasteiger partial charge in [0.1, 0.15) is 17.1 Å². The Morgan fingerprint density at radius 1 is 1.28 bits per heavy atom. The average molecular weight is 476 g/mol. The lowest BCUT2D eigenvalue weighted by molar-refractivity contribution is 0.0522. The predicted molar refractivity (Wildman–Crippen MR) is 122 cm³/mol. The summed E-state index contributed by atoms with van der Waals surface area (Å²) < 4.78 is 24.0. The fourth-order valence-electron chi connectivity index (χ4n) is 3.45. The third kappa shape index (κ3) is 4.39. The molecule has 0 spiro atoms. The Morgan fingerprint density at radius 2 is 2.12 bits per heavy atom. The molecule has 32 heavy (non-hydrogen) atoms. The molecular weight excluding hydrogens is 454 g/mol. The molecule has 1 aliphatic rings. The van der Waals surface area contributed by atoms with Crippen LogP contribution in [0.2, 0.25) is 5.02 Å². The van der Waals surface area contributed by atoms with Crippen molar-refractivity contribution in [2.24, 2.45) is 0 Å². The van der Waals surface area contributed by atoms with Gasteiger partial charge in [-0.25, -0.2) is 4.79 Å². The number of benzene rings is 1. The molecule has 1 atom stereocenters. The third-order valence-corrected chi connectivity index (χ3v) is 6.11. The van der Waals surface area contributed by atoms with E-state index in [-0.39, 0.29) is 12.2 Å². The Labute approximate surface area is 194 Å². The summed E-state index contributed by atoms with van der Waals surface area (Å²) >= 11 is 7.98. The molecule has 0 saturated carbocycles. The molecule has 0 radical (unpaired) electrons. The molecule has 4 rings (SSSR count). The number of pyridine rings is 1. The van der Waals surface area contributed by atoms with Crippen molar-refractivity contribution in [2.75, 3.05) is 26.9 Å². The number of esters is 1. The Kier molecular flexibility index (Phi) is 6.83. The second-order valence-electron chi connectivity index (χ2n) is 7.02. The van der Waals surface area contributed by atoms with E-state index in [0.717, 1.165) is 11.3 Å². The van der Waals surface area contributed by atoms with E-state index in [4.69, 9.17) is 30.5 Å². The molecular formula is C23H22ClNO6S. The number of hydrogen-bond acceptors (Lipinski definition) is 7. The Hall–Kier alpha value is -2.81. The normalized spacial score (nSPS) is 14.3. The standard InChI is InChI=1S/C23H22ClNO6S/c1-3-29-23(27)15-13-25-17(11-18(15)26)14-10-16(24)20(30-8-5-7-28-2)12-19(14)31-22(25)21-6-4-9-32-21/h4,6,9-13,22H,3,5,7-8H2,1-2H3. The first-order chi connectivity index (χ1) is 15.5. The highest BCUT2D eigenvalue weighted by molar-refractivity contribution is 7.10. The van der Waals surface area contributed by atoms with E-state index < -0.39 is 17.6 Å². The smallest absolute Gasteiger partial charge is 0.343 e. The first-order valence-corrected chi connectivity index (χ1v) is 11.4. The van der Waals surface area contributed by atoms with Gasteiger partial charge in [-0.3, -0.25) is 4.79 Å². The summed E-state index contributed by atoms with van der Waals surface area (Å²) in [6.45, 7) is 2.90. The van der Waals surface area contributed by atoms with Crippen molar-refractivity contribution in [3.63, 3.8) is 0 Å². The van der Waals surface area contributed by atoms with Gasteiger partial charge >= 0.3 is 5.97 Å². The molecule has 168 valence electrons. The fourth-order valence-corrected chi connectivity index (χ4v) is 4.42. The highest BCUT2D eigenvalue weighted by Gasteiger charge is 2.30. The highest BCUT2D eigenvalue weighted by atomic mass is 35.5. The molecule has 3 heterocycles. The van der Waals surface area contributed by atoms with E-state index in [1.54, 1.807) is 30.7 Å². The molecule has 1 unspecified atom stereocenters. The van der Waals surface area contributed by atoms with Crippen molar-refractivity contribution >= 4 is 28.9 Å². The molecule has 9 heteroatoms. The van der Waals surface area contributed by atoms with Crippen molar-refractivity contribution in [3.8, 4) is 22.8 Å². The first-order valence-electron chi connectivity index (χ1n) is 10.1. The van der Waals surface area contributed by atoms with Gasteiger partial charge in [0.25, 0.3) is 0 Å². The number of rotatable bonds is 8. The van der Waals surface area contributed by atoms with Crippen molar-refractivity contribution in [1.82, 2.24) is 4.57 Å². The van der Waals surface area contributed by atoms with Gasteiger partial charge in [0.2, 0.25) is 6.23 Å². The number of nitrogens with zero attached hydrogens (tertiary/aromatic N) is 1. The topological polar surface area (TPSA) is 76.0 Å². The van der Waals surface area contributed by atoms with Gasteiger partial charge in [-0.1, -0.05) is 17.7 Å². The number of halogens is 1. The largest absolute Gasteiger partial charge is 0.492 e. The van der Waals surface area contributed by atoms with Crippen LogP contribution in [0.3, 0.4) is 0 Å². The molecule has 1 aromatic carbocycles.